The Labute approximate surface area is 323 Å². The van der Waals surface area contributed by atoms with E-state index in [9.17, 15) is 27.6 Å². The number of pyridine rings is 1. The summed E-state index contributed by atoms with van der Waals surface area (Å²) in [6.07, 6.45) is 6.96. The number of amides is 3. The molecular formula is C40H47F3N8O5. The van der Waals surface area contributed by atoms with Gasteiger partial charge in [0.05, 0.1) is 49.9 Å². The Morgan fingerprint density at radius 1 is 1.04 bits per heavy atom. The number of terminal acetylenes is 1. The maximum absolute atomic E-state index is 14.5. The Morgan fingerprint density at radius 2 is 1.86 bits per heavy atom. The van der Waals surface area contributed by atoms with Gasteiger partial charge in [0.2, 0.25) is 17.7 Å². The first-order valence-corrected chi connectivity index (χ1v) is 19.4. The number of piperidine rings is 2. The number of carbonyl (C=O) groups excluding carboxylic acids is 3. The van der Waals surface area contributed by atoms with E-state index in [4.69, 9.17) is 15.9 Å². The van der Waals surface area contributed by atoms with Gasteiger partial charge in [-0.25, -0.2) is 4.98 Å². The molecule has 0 aliphatic carbocycles. The molecule has 298 valence electrons. The van der Waals surface area contributed by atoms with Gasteiger partial charge in [-0.2, -0.15) is 13.2 Å². The first-order chi connectivity index (χ1) is 27.0. The van der Waals surface area contributed by atoms with Crippen molar-refractivity contribution < 1.29 is 37.0 Å². The van der Waals surface area contributed by atoms with Gasteiger partial charge in [0.25, 0.3) is 5.91 Å². The smallest absolute Gasteiger partial charge is 0.416 e. The summed E-state index contributed by atoms with van der Waals surface area (Å²) < 4.78 is 56.2. The predicted molar refractivity (Wildman–Crippen MR) is 198 cm³/mol. The number of ether oxygens (including phenoxy) is 2. The number of likely N-dealkylation sites (tertiary alicyclic amines) is 1. The van der Waals surface area contributed by atoms with Crippen LogP contribution in [0.1, 0.15) is 66.6 Å². The van der Waals surface area contributed by atoms with Gasteiger partial charge in [-0.05, 0) is 68.8 Å². The Hall–Kier alpha value is -5.01. The molecule has 3 amide bonds. The van der Waals surface area contributed by atoms with Crippen LogP contribution >= 0.6 is 0 Å². The van der Waals surface area contributed by atoms with Crippen molar-refractivity contribution in [3.63, 3.8) is 0 Å². The fourth-order valence-electron chi connectivity index (χ4n) is 8.25. The van der Waals surface area contributed by atoms with Crippen molar-refractivity contribution in [2.75, 3.05) is 52.4 Å². The third-order valence-electron chi connectivity index (χ3n) is 11.3. The molecule has 3 saturated heterocycles. The number of benzene rings is 1. The molecule has 1 aromatic carbocycles. The molecule has 0 saturated carbocycles. The third-order valence-corrected chi connectivity index (χ3v) is 11.3. The number of aromatic nitrogens is 4. The normalized spacial score (nSPS) is 23.3. The highest BCUT2D eigenvalue weighted by Gasteiger charge is 2.44. The van der Waals surface area contributed by atoms with Gasteiger partial charge < -0.3 is 29.5 Å². The van der Waals surface area contributed by atoms with E-state index in [-0.39, 0.29) is 92.0 Å². The molecule has 4 atom stereocenters. The maximum Gasteiger partial charge on any atom is 0.416 e. The van der Waals surface area contributed by atoms with E-state index in [0.717, 1.165) is 31.8 Å². The minimum Gasteiger partial charge on any atom is -0.478 e. The zero-order chi connectivity index (χ0) is 39.2. The van der Waals surface area contributed by atoms with Crippen molar-refractivity contribution in [3.05, 3.63) is 59.4 Å². The molecule has 3 fully saturated rings. The fraction of sp³-hybridized carbons (Fsp3) is 0.550. The van der Waals surface area contributed by atoms with Crippen LogP contribution in [0.4, 0.5) is 13.2 Å². The van der Waals surface area contributed by atoms with Gasteiger partial charge in [-0.15, -0.1) is 11.5 Å². The summed E-state index contributed by atoms with van der Waals surface area (Å²) >= 11 is 0. The lowest BCUT2D eigenvalue weighted by Gasteiger charge is -2.40. The summed E-state index contributed by atoms with van der Waals surface area (Å²) in [4.78, 5) is 51.6. The van der Waals surface area contributed by atoms with Crippen LogP contribution in [0.25, 0.3) is 11.3 Å². The number of hydrogen-bond acceptors (Lipinski definition) is 9. The lowest BCUT2D eigenvalue weighted by atomic mass is 9.81. The van der Waals surface area contributed by atoms with Crippen molar-refractivity contribution in [1.82, 2.24) is 40.0 Å². The van der Waals surface area contributed by atoms with Crippen LogP contribution in [0.15, 0.2) is 42.6 Å². The quantitative estimate of drug-likeness (QED) is 0.320. The third kappa shape index (κ3) is 9.50. The minimum absolute atomic E-state index is 0.00971. The molecule has 0 spiro atoms. The molecule has 4 aliphatic rings. The van der Waals surface area contributed by atoms with Gasteiger partial charge in [0, 0.05) is 56.2 Å². The number of fused-ring (bicyclic) bond motifs is 8. The highest BCUT2D eigenvalue weighted by Crippen LogP contribution is 2.36. The van der Waals surface area contributed by atoms with E-state index in [1.54, 1.807) is 27.8 Å². The van der Waals surface area contributed by atoms with Crippen LogP contribution in [0.5, 0.6) is 5.88 Å². The second-order valence-corrected chi connectivity index (χ2v) is 15.1. The minimum atomic E-state index is -4.68. The predicted octanol–water partition coefficient (Wildman–Crippen LogP) is 4.03. The fourth-order valence-corrected chi connectivity index (χ4v) is 8.25. The standard InChI is InChI=1S/C40H47F3N8O5/c1-2-11-44-36(52)19-27-9-14-49-23-30(27)10-17-55-37-21-31(40(41,42)43)20-34(45-37)28-7-6-8-29(18-28)38(53)51-25-33(22-35(51)39(49)54)56-26-32-24-50(47-46-32)16-15-48-12-4-3-5-13-48/h1,6-8,18,20-21,24,27,30,33,35H,3-5,9-17,19,22-23,25-26H2,(H,44,52)/t27-,30-,33+,35-/m0/s1. The maximum atomic E-state index is 14.5. The highest BCUT2D eigenvalue weighted by atomic mass is 19.4. The van der Waals surface area contributed by atoms with Crippen LogP contribution in [0.3, 0.4) is 0 Å². The number of hydrogen-bond donors (Lipinski definition) is 1. The summed E-state index contributed by atoms with van der Waals surface area (Å²) in [6, 6.07) is 7.16. The van der Waals surface area contributed by atoms with Crippen LogP contribution in [0, 0.1) is 24.2 Å². The summed E-state index contributed by atoms with van der Waals surface area (Å²) in [7, 11) is 0. The molecule has 4 aliphatic heterocycles. The Bertz CT molecular complexity index is 1930. The van der Waals surface area contributed by atoms with E-state index in [1.165, 1.54) is 30.2 Å². The van der Waals surface area contributed by atoms with Crippen LogP contribution in [0.2, 0.25) is 0 Å². The van der Waals surface area contributed by atoms with Crippen molar-refractivity contribution in [2.45, 2.75) is 76.4 Å². The van der Waals surface area contributed by atoms with E-state index >= 15 is 0 Å². The SMILES string of the molecule is C#CCNC(=O)C[C@@H]1CCN2C[C@@H]1CCOc1cc(C(F)(F)F)cc(n1)-c1cccc(c1)C(=O)N1C[C@H](OCc3cn(CCN4CCCCC4)nn3)C[C@H]1C2=O. The molecule has 6 bridgehead atoms. The van der Waals surface area contributed by atoms with Gasteiger partial charge >= 0.3 is 6.18 Å². The van der Waals surface area contributed by atoms with Crippen molar-refractivity contribution in [2.24, 2.45) is 11.8 Å². The zero-order valence-electron chi connectivity index (χ0n) is 31.3. The monoisotopic (exact) mass is 776 g/mol. The highest BCUT2D eigenvalue weighted by molar-refractivity contribution is 5.99. The number of nitrogens with zero attached hydrogens (tertiary/aromatic N) is 7. The second-order valence-electron chi connectivity index (χ2n) is 15.1. The first kappa shape index (κ1) is 39.2. The summed E-state index contributed by atoms with van der Waals surface area (Å²) in [6.45, 7) is 4.78. The Balaban J connectivity index is 1.14. The molecule has 13 nitrogen and oxygen atoms in total. The molecule has 0 radical (unpaired) electrons. The number of halogens is 3. The summed E-state index contributed by atoms with van der Waals surface area (Å²) in [5.74, 6) is 0.907. The lowest BCUT2D eigenvalue weighted by Crippen LogP contribution is -2.52. The Kier molecular flexibility index (Phi) is 12.2. The molecule has 1 N–H and O–H groups in total. The average Bonchev–Trinajstić information content (AvgIpc) is 3.85. The molecule has 3 aromatic rings. The molecule has 16 heteroatoms. The molecule has 0 unspecified atom stereocenters. The van der Waals surface area contributed by atoms with Crippen molar-refractivity contribution in [3.8, 4) is 29.5 Å². The first-order valence-electron chi connectivity index (χ1n) is 19.4. The molecule has 2 aromatic heterocycles. The van der Waals surface area contributed by atoms with E-state index in [1.807, 2.05) is 6.20 Å². The van der Waals surface area contributed by atoms with Crippen LogP contribution < -0.4 is 10.1 Å². The number of nitrogens with one attached hydrogen (secondary N) is 1. The zero-order valence-corrected chi connectivity index (χ0v) is 31.3. The summed E-state index contributed by atoms with van der Waals surface area (Å²) in [5.41, 5.74) is 0.176. The largest absolute Gasteiger partial charge is 0.478 e. The van der Waals surface area contributed by atoms with Gasteiger partial charge in [-0.1, -0.05) is 29.7 Å². The van der Waals surface area contributed by atoms with Gasteiger partial charge in [0.1, 0.15) is 11.7 Å². The van der Waals surface area contributed by atoms with Crippen molar-refractivity contribution >= 4 is 17.7 Å². The number of carbonyl (C=O) groups is 3. The van der Waals surface area contributed by atoms with Crippen molar-refractivity contribution in [1.29, 1.82) is 0 Å². The van der Waals surface area contributed by atoms with E-state index in [0.29, 0.717) is 31.6 Å². The van der Waals surface area contributed by atoms with E-state index < -0.39 is 29.8 Å². The second kappa shape index (κ2) is 17.4. The van der Waals surface area contributed by atoms with Gasteiger partial charge in [0.15, 0.2) is 0 Å². The average molecular weight is 777 g/mol. The molecular weight excluding hydrogens is 729 g/mol. The lowest BCUT2D eigenvalue weighted by molar-refractivity contribution is -0.139. The topological polar surface area (TPSA) is 135 Å². The summed E-state index contributed by atoms with van der Waals surface area (Å²) in [5, 5.41) is 11.3. The number of alkyl halides is 3. The van der Waals surface area contributed by atoms with Crippen LogP contribution in [-0.2, 0) is 33.7 Å². The Morgan fingerprint density at radius 3 is 2.66 bits per heavy atom. The molecule has 56 heavy (non-hydrogen) atoms. The molecule has 6 heterocycles. The molecule has 7 rings (SSSR count). The van der Waals surface area contributed by atoms with Crippen LogP contribution in [-0.4, -0.2) is 117 Å². The van der Waals surface area contributed by atoms with Gasteiger partial charge in [-0.3, -0.25) is 19.1 Å². The number of rotatable bonds is 9. The van der Waals surface area contributed by atoms with E-state index in [2.05, 4.69) is 31.4 Å².